The summed E-state index contributed by atoms with van der Waals surface area (Å²) in [5, 5.41) is 0.0378. The first-order valence-corrected chi connectivity index (χ1v) is 7.39. The zero-order valence-corrected chi connectivity index (χ0v) is 11.6. The van der Waals surface area contributed by atoms with E-state index in [0.717, 1.165) is 17.6 Å². The summed E-state index contributed by atoms with van der Waals surface area (Å²) in [6.07, 6.45) is 1.17. The van der Waals surface area contributed by atoms with Gasteiger partial charge in [0.1, 0.15) is 6.33 Å². The average molecular weight is 356 g/mol. The second-order valence-electron chi connectivity index (χ2n) is 3.05. The second-order valence-corrected chi connectivity index (χ2v) is 6.37. The van der Waals surface area contributed by atoms with Gasteiger partial charge in [0, 0.05) is 11.5 Å². The second kappa shape index (κ2) is 4.86. The fourth-order valence-electron chi connectivity index (χ4n) is 1.08. The molecule has 0 saturated carbocycles. The zero-order valence-electron chi connectivity index (χ0n) is 8.39. The molecule has 1 heterocycles. The molecular weight excluding hydrogens is 352 g/mol. The highest BCUT2D eigenvalue weighted by molar-refractivity contribution is 9.10. The zero-order chi connectivity index (χ0) is 13.3. The molecule has 10 heteroatoms. The van der Waals surface area contributed by atoms with Gasteiger partial charge in [-0.05, 0) is 28.1 Å². The van der Waals surface area contributed by atoms with Crippen LogP contribution in [0.2, 0.25) is 0 Å². The average Bonchev–Trinajstić information content (AvgIpc) is 2.77. The highest BCUT2D eigenvalue weighted by atomic mass is 79.9. The van der Waals surface area contributed by atoms with Crippen molar-refractivity contribution < 1.29 is 17.2 Å². The van der Waals surface area contributed by atoms with Gasteiger partial charge in [-0.3, -0.25) is 4.72 Å². The Labute approximate surface area is 113 Å². The van der Waals surface area contributed by atoms with Crippen LogP contribution < -0.4 is 4.72 Å². The van der Waals surface area contributed by atoms with Gasteiger partial charge in [-0.2, -0.15) is 4.37 Å². The molecule has 0 unspecified atom stereocenters. The number of anilines is 1. The van der Waals surface area contributed by atoms with Crippen LogP contribution >= 0.6 is 27.5 Å². The van der Waals surface area contributed by atoms with Crippen LogP contribution in [0.25, 0.3) is 0 Å². The van der Waals surface area contributed by atoms with Crippen LogP contribution in [0.1, 0.15) is 0 Å². The summed E-state index contributed by atoms with van der Waals surface area (Å²) in [5.41, 5.74) is 0. The van der Waals surface area contributed by atoms with Crippen LogP contribution in [-0.2, 0) is 10.0 Å². The van der Waals surface area contributed by atoms with Crippen molar-refractivity contribution in [2.24, 2.45) is 0 Å². The highest BCUT2D eigenvalue weighted by Gasteiger charge is 2.20. The molecule has 0 radical (unpaired) electrons. The molecule has 0 amide bonds. The molecule has 18 heavy (non-hydrogen) atoms. The molecule has 0 bridgehead atoms. The van der Waals surface area contributed by atoms with E-state index in [1.165, 1.54) is 6.33 Å². The number of hydrogen-bond donors (Lipinski definition) is 1. The summed E-state index contributed by atoms with van der Waals surface area (Å²) in [4.78, 5) is 3.21. The number of benzene rings is 1. The minimum Gasteiger partial charge on any atom is -0.253 e. The van der Waals surface area contributed by atoms with Crippen molar-refractivity contribution in [1.82, 2.24) is 9.36 Å². The minimum absolute atomic E-state index is 0.0378. The van der Waals surface area contributed by atoms with Crippen molar-refractivity contribution in [2.75, 3.05) is 4.72 Å². The van der Waals surface area contributed by atoms with Gasteiger partial charge in [-0.1, -0.05) is 0 Å². The van der Waals surface area contributed by atoms with Crippen molar-refractivity contribution in [3.63, 3.8) is 0 Å². The van der Waals surface area contributed by atoms with Crippen molar-refractivity contribution in [3.05, 3.63) is 34.6 Å². The molecule has 1 aromatic heterocycles. The highest BCUT2D eigenvalue weighted by Crippen LogP contribution is 2.24. The minimum atomic E-state index is -4.02. The van der Waals surface area contributed by atoms with Crippen LogP contribution in [0.3, 0.4) is 0 Å². The molecule has 0 spiro atoms. The summed E-state index contributed by atoms with van der Waals surface area (Å²) < 4.78 is 55.2. The smallest absolute Gasteiger partial charge is 0.253 e. The fraction of sp³-hybridized carbons (Fsp3) is 0. The molecule has 0 aliphatic rings. The van der Waals surface area contributed by atoms with E-state index in [2.05, 4.69) is 30.0 Å². The Morgan fingerprint density at radius 1 is 1.33 bits per heavy atom. The topological polar surface area (TPSA) is 72.0 Å². The van der Waals surface area contributed by atoms with E-state index in [9.17, 15) is 17.2 Å². The van der Waals surface area contributed by atoms with Crippen LogP contribution in [-0.4, -0.2) is 17.8 Å². The Morgan fingerprint density at radius 3 is 2.61 bits per heavy atom. The van der Waals surface area contributed by atoms with Gasteiger partial charge in [-0.25, -0.2) is 22.2 Å². The van der Waals surface area contributed by atoms with Crippen molar-refractivity contribution in [3.8, 4) is 0 Å². The monoisotopic (exact) mass is 355 g/mol. The molecule has 0 aliphatic carbocycles. The van der Waals surface area contributed by atoms with Gasteiger partial charge in [0.15, 0.2) is 11.6 Å². The first kappa shape index (κ1) is 13.3. The predicted octanol–water partition coefficient (Wildman–Crippen LogP) is 2.38. The van der Waals surface area contributed by atoms with Gasteiger partial charge in [0.2, 0.25) is 5.13 Å². The van der Waals surface area contributed by atoms with Crippen LogP contribution in [0.15, 0.2) is 27.8 Å². The normalized spacial score (nSPS) is 11.5. The van der Waals surface area contributed by atoms with Crippen molar-refractivity contribution >= 4 is 42.6 Å². The van der Waals surface area contributed by atoms with Crippen LogP contribution in [0.4, 0.5) is 13.9 Å². The van der Waals surface area contributed by atoms with E-state index in [0.29, 0.717) is 6.07 Å². The molecule has 0 fully saturated rings. The van der Waals surface area contributed by atoms with Gasteiger partial charge in [0.25, 0.3) is 10.0 Å². The first-order chi connectivity index (χ1) is 8.40. The Bertz CT molecular complexity index is 653. The lowest BCUT2D eigenvalue weighted by Crippen LogP contribution is -2.13. The standard InChI is InChI=1S/C8H4BrF2N3O2S2/c9-5-1-4(2-6(10)7(5)11)18(15,16)14-8-12-3-13-17-8/h1-3H,(H,12,13,14). The number of rotatable bonds is 3. The number of sulfonamides is 1. The van der Waals surface area contributed by atoms with E-state index >= 15 is 0 Å². The summed E-state index contributed by atoms with van der Waals surface area (Å²) >= 11 is 3.56. The molecular formula is C8H4BrF2N3O2S2. The summed E-state index contributed by atoms with van der Waals surface area (Å²) in [6.45, 7) is 0. The van der Waals surface area contributed by atoms with Crippen LogP contribution in [0.5, 0.6) is 0 Å². The number of nitrogens with one attached hydrogen (secondary N) is 1. The fourth-order valence-corrected chi connectivity index (χ4v) is 3.37. The largest absolute Gasteiger partial charge is 0.263 e. The lowest BCUT2D eigenvalue weighted by molar-refractivity contribution is 0.500. The Morgan fingerprint density at radius 2 is 2.06 bits per heavy atom. The van der Waals surface area contributed by atoms with E-state index in [1.807, 2.05) is 0 Å². The maximum atomic E-state index is 13.1. The number of nitrogens with zero attached hydrogens (tertiary/aromatic N) is 2. The predicted molar refractivity (Wildman–Crippen MR) is 64.8 cm³/mol. The third kappa shape index (κ3) is 2.65. The molecule has 0 aliphatic heterocycles. The SMILES string of the molecule is O=S(=O)(Nc1ncns1)c1cc(F)c(F)c(Br)c1. The third-order valence-corrected chi connectivity index (χ3v) is 4.46. The first-order valence-electron chi connectivity index (χ1n) is 4.34. The summed E-state index contributed by atoms with van der Waals surface area (Å²) in [7, 11) is -4.02. The molecule has 2 aromatic rings. The van der Waals surface area contributed by atoms with Crippen LogP contribution in [0, 0.1) is 11.6 Å². The Balaban J connectivity index is 2.42. The molecule has 96 valence electrons. The maximum Gasteiger partial charge on any atom is 0.263 e. The van der Waals surface area contributed by atoms with E-state index in [-0.39, 0.29) is 9.60 Å². The van der Waals surface area contributed by atoms with Gasteiger partial charge in [-0.15, -0.1) is 0 Å². The Kier molecular flexibility index (Phi) is 3.59. The molecule has 0 atom stereocenters. The van der Waals surface area contributed by atoms with Gasteiger partial charge in [0.05, 0.1) is 9.37 Å². The van der Waals surface area contributed by atoms with Gasteiger partial charge < -0.3 is 0 Å². The van der Waals surface area contributed by atoms with E-state index in [1.54, 1.807) is 0 Å². The number of halogens is 3. The summed E-state index contributed by atoms with van der Waals surface area (Å²) in [6, 6.07) is 1.55. The quantitative estimate of drug-likeness (QED) is 0.858. The van der Waals surface area contributed by atoms with E-state index < -0.39 is 26.6 Å². The van der Waals surface area contributed by atoms with Gasteiger partial charge >= 0.3 is 0 Å². The number of aromatic nitrogens is 2. The lowest BCUT2D eigenvalue weighted by atomic mass is 10.3. The number of hydrogen-bond acceptors (Lipinski definition) is 5. The third-order valence-electron chi connectivity index (χ3n) is 1.85. The molecule has 1 N–H and O–H groups in total. The Hall–Kier alpha value is -1.13. The molecule has 5 nitrogen and oxygen atoms in total. The lowest BCUT2D eigenvalue weighted by Gasteiger charge is -2.06. The van der Waals surface area contributed by atoms with Crippen molar-refractivity contribution in [2.45, 2.75) is 4.90 Å². The molecule has 0 saturated heterocycles. The molecule has 1 aromatic carbocycles. The maximum absolute atomic E-state index is 13.1. The molecule has 2 rings (SSSR count). The van der Waals surface area contributed by atoms with Crippen molar-refractivity contribution in [1.29, 1.82) is 0 Å². The summed E-state index contributed by atoms with van der Waals surface area (Å²) in [5.74, 6) is -2.41. The van der Waals surface area contributed by atoms with E-state index in [4.69, 9.17) is 0 Å².